The van der Waals surface area contributed by atoms with Crippen molar-refractivity contribution in [3.63, 3.8) is 0 Å². The highest BCUT2D eigenvalue weighted by Gasteiger charge is 2.53. The number of rotatable bonds is 2. The molecule has 0 saturated heterocycles. The quantitative estimate of drug-likeness (QED) is 0.699. The molecule has 5 atom stereocenters. The monoisotopic (exact) mass is 268 g/mol. The molecule has 0 amide bonds. The van der Waals surface area contributed by atoms with E-state index in [2.05, 4.69) is 0 Å². The highest BCUT2D eigenvalue weighted by atomic mass is 16.3. The van der Waals surface area contributed by atoms with Gasteiger partial charge in [0.2, 0.25) is 0 Å². The molecule has 0 aliphatic heterocycles. The van der Waals surface area contributed by atoms with Gasteiger partial charge in [0.05, 0.1) is 12.2 Å². The van der Waals surface area contributed by atoms with Crippen molar-refractivity contribution in [2.45, 2.75) is 51.7 Å². The first-order valence-electron chi connectivity index (χ1n) is 6.98. The second-order valence-electron chi connectivity index (χ2n) is 6.57. The number of aliphatic hydroxyl groups excluding tert-OH is 2. The van der Waals surface area contributed by atoms with E-state index in [9.17, 15) is 20.1 Å². The van der Waals surface area contributed by atoms with Crippen molar-refractivity contribution < 1.29 is 20.1 Å². The zero-order valence-corrected chi connectivity index (χ0v) is 11.9. The van der Waals surface area contributed by atoms with Gasteiger partial charge in [0.15, 0.2) is 5.78 Å². The normalized spacial score (nSPS) is 42.3. The Morgan fingerprint density at radius 1 is 1.53 bits per heavy atom. The Labute approximate surface area is 114 Å². The maximum Gasteiger partial charge on any atom is 0.184 e. The summed E-state index contributed by atoms with van der Waals surface area (Å²) in [4.78, 5) is 11.7. The largest absolute Gasteiger partial charge is 0.393 e. The molecule has 2 aliphatic rings. The second-order valence-corrected chi connectivity index (χ2v) is 6.57. The van der Waals surface area contributed by atoms with Gasteiger partial charge in [-0.2, -0.15) is 0 Å². The van der Waals surface area contributed by atoms with Gasteiger partial charge >= 0.3 is 0 Å². The number of allylic oxidation sites excluding steroid dienone is 1. The van der Waals surface area contributed by atoms with Crippen LogP contribution in [-0.4, -0.2) is 39.4 Å². The van der Waals surface area contributed by atoms with E-state index < -0.39 is 11.7 Å². The summed E-state index contributed by atoms with van der Waals surface area (Å²) in [7, 11) is 0. The summed E-state index contributed by atoms with van der Waals surface area (Å²) in [5.41, 5.74) is -0.292. The lowest BCUT2D eigenvalue weighted by Gasteiger charge is -2.43. The Bertz CT molecular complexity index is 412. The average molecular weight is 268 g/mol. The van der Waals surface area contributed by atoms with Crippen LogP contribution in [0.15, 0.2) is 11.6 Å². The van der Waals surface area contributed by atoms with Crippen molar-refractivity contribution in [2.24, 2.45) is 17.3 Å². The van der Waals surface area contributed by atoms with E-state index in [1.165, 1.54) is 0 Å². The summed E-state index contributed by atoms with van der Waals surface area (Å²) in [5.74, 6) is -0.346. The lowest BCUT2D eigenvalue weighted by molar-refractivity contribution is -0.128. The van der Waals surface area contributed by atoms with Crippen LogP contribution in [0.1, 0.15) is 40.0 Å². The number of hydrogen-bond acceptors (Lipinski definition) is 4. The first-order chi connectivity index (χ1) is 8.74. The summed E-state index contributed by atoms with van der Waals surface area (Å²) in [6, 6.07) is 0. The summed E-state index contributed by atoms with van der Waals surface area (Å²) in [6.45, 7) is 5.25. The summed E-state index contributed by atoms with van der Waals surface area (Å²) in [5, 5.41) is 29.6. The number of aliphatic hydroxyl groups is 3. The van der Waals surface area contributed by atoms with Crippen LogP contribution in [-0.2, 0) is 4.79 Å². The fourth-order valence-electron chi connectivity index (χ4n) is 3.86. The van der Waals surface area contributed by atoms with Crippen molar-refractivity contribution in [1.29, 1.82) is 0 Å². The molecular formula is C15H24O4. The lowest BCUT2D eigenvalue weighted by atomic mass is 9.63. The van der Waals surface area contributed by atoms with Gasteiger partial charge in [-0.3, -0.25) is 4.79 Å². The van der Waals surface area contributed by atoms with E-state index in [1.807, 2.05) is 13.8 Å². The number of hydrogen-bond donors (Lipinski definition) is 3. The summed E-state index contributed by atoms with van der Waals surface area (Å²) >= 11 is 0. The van der Waals surface area contributed by atoms with Crippen molar-refractivity contribution in [2.75, 3.05) is 6.61 Å². The van der Waals surface area contributed by atoms with Crippen LogP contribution in [0, 0.1) is 17.3 Å². The van der Waals surface area contributed by atoms with Crippen molar-refractivity contribution in [3.8, 4) is 0 Å². The molecule has 4 heteroatoms. The zero-order valence-electron chi connectivity index (χ0n) is 11.9. The molecule has 1 fully saturated rings. The molecular weight excluding hydrogens is 244 g/mol. The van der Waals surface area contributed by atoms with Crippen LogP contribution in [0.5, 0.6) is 0 Å². The van der Waals surface area contributed by atoms with E-state index in [0.717, 1.165) is 18.4 Å². The molecule has 1 saturated carbocycles. The third-order valence-corrected chi connectivity index (χ3v) is 5.53. The SMILES string of the molecule is CC1=CC(=O)C(O)C(C)C12CCC([C@](C)(O)CO)C2. The number of ketones is 1. The minimum atomic E-state index is -1.09. The van der Waals surface area contributed by atoms with E-state index in [1.54, 1.807) is 13.0 Å². The van der Waals surface area contributed by atoms with E-state index >= 15 is 0 Å². The van der Waals surface area contributed by atoms with Crippen molar-refractivity contribution in [1.82, 2.24) is 0 Å². The van der Waals surface area contributed by atoms with Gasteiger partial charge in [-0.15, -0.1) is 0 Å². The molecule has 1 spiro atoms. The minimum absolute atomic E-state index is 0.00343. The Morgan fingerprint density at radius 3 is 2.74 bits per heavy atom. The molecule has 2 rings (SSSR count). The van der Waals surface area contributed by atoms with Crippen molar-refractivity contribution >= 4 is 5.78 Å². The second kappa shape index (κ2) is 4.69. The minimum Gasteiger partial charge on any atom is -0.393 e. The highest BCUT2D eigenvalue weighted by Crippen LogP contribution is 2.56. The van der Waals surface area contributed by atoms with Gasteiger partial charge in [0.25, 0.3) is 0 Å². The molecule has 108 valence electrons. The molecule has 0 aromatic carbocycles. The van der Waals surface area contributed by atoms with Crippen LogP contribution in [0.25, 0.3) is 0 Å². The Hall–Kier alpha value is -0.710. The molecule has 0 bridgehead atoms. The standard InChI is InChI=1S/C15H24O4/c1-9-6-12(17)13(18)10(2)15(9)5-4-11(7-15)14(3,19)8-16/h6,10-11,13,16,18-19H,4-5,7-8H2,1-3H3/t10?,11?,13?,14-,15?/m1/s1. The Kier molecular flexibility index (Phi) is 3.62. The molecule has 4 nitrogen and oxygen atoms in total. The predicted octanol–water partition coefficient (Wildman–Crippen LogP) is 1.04. The molecule has 3 N–H and O–H groups in total. The smallest absolute Gasteiger partial charge is 0.184 e. The fourth-order valence-corrected chi connectivity index (χ4v) is 3.86. The molecule has 0 radical (unpaired) electrons. The van der Waals surface area contributed by atoms with Gasteiger partial charge in [-0.1, -0.05) is 12.5 Å². The molecule has 4 unspecified atom stereocenters. The van der Waals surface area contributed by atoms with E-state index in [4.69, 9.17) is 0 Å². The number of carbonyl (C=O) groups is 1. The first kappa shape index (κ1) is 14.7. The van der Waals surface area contributed by atoms with E-state index in [0.29, 0.717) is 6.42 Å². The van der Waals surface area contributed by atoms with Gasteiger partial charge in [-0.05, 0) is 56.4 Å². The molecule has 0 aromatic rings. The van der Waals surface area contributed by atoms with E-state index in [-0.39, 0.29) is 29.6 Å². The first-order valence-corrected chi connectivity index (χ1v) is 6.98. The molecule has 19 heavy (non-hydrogen) atoms. The Balaban J connectivity index is 2.30. The predicted molar refractivity (Wildman–Crippen MR) is 71.4 cm³/mol. The van der Waals surface area contributed by atoms with Crippen LogP contribution in [0.3, 0.4) is 0 Å². The van der Waals surface area contributed by atoms with Gasteiger partial charge in [0.1, 0.15) is 6.10 Å². The van der Waals surface area contributed by atoms with Gasteiger partial charge < -0.3 is 15.3 Å². The maximum atomic E-state index is 11.7. The number of carbonyl (C=O) groups excluding carboxylic acids is 1. The zero-order chi connectivity index (χ0) is 14.4. The maximum absolute atomic E-state index is 11.7. The highest BCUT2D eigenvalue weighted by molar-refractivity contribution is 5.95. The molecule has 0 heterocycles. The summed E-state index contributed by atoms with van der Waals surface area (Å²) < 4.78 is 0. The van der Waals surface area contributed by atoms with Crippen LogP contribution in [0.2, 0.25) is 0 Å². The van der Waals surface area contributed by atoms with Gasteiger partial charge in [-0.25, -0.2) is 0 Å². The van der Waals surface area contributed by atoms with Crippen LogP contribution in [0.4, 0.5) is 0 Å². The third-order valence-electron chi connectivity index (χ3n) is 5.53. The lowest BCUT2D eigenvalue weighted by Crippen LogP contribution is -2.45. The third kappa shape index (κ3) is 2.16. The topological polar surface area (TPSA) is 77.8 Å². The molecule has 0 aromatic heterocycles. The van der Waals surface area contributed by atoms with Crippen LogP contribution < -0.4 is 0 Å². The van der Waals surface area contributed by atoms with Crippen LogP contribution >= 0.6 is 0 Å². The fraction of sp³-hybridized carbons (Fsp3) is 0.800. The average Bonchev–Trinajstić information content (AvgIpc) is 2.82. The molecule has 2 aliphatic carbocycles. The van der Waals surface area contributed by atoms with Crippen molar-refractivity contribution in [3.05, 3.63) is 11.6 Å². The Morgan fingerprint density at radius 2 is 2.16 bits per heavy atom. The van der Waals surface area contributed by atoms with Gasteiger partial charge in [0, 0.05) is 0 Å². The summed E-state index contributed by atoms with van der Waals surface area (Å²) in [6.07, 6.45) is 2.99.